The Kier molecular flexibility index (Phi) is 5.05. The van der Waals surface area contributed by atoms with Crippen LogP contribution in [0, 0.1) is 5.82 Å². The van der Waals surface area contributed by atoms with E-state index in [1.54, 1.807) is 6.92 Å². The Labute approximate surface area is 104 Å². The fourth-order valence-corrected chi connectivity index (χ4v) is 1.26. The van der Waals surface area contributed by atoms with E-state index in [9.17, 15) is 19.1 Å². The maximum atomic E-state index is 12.6. The Balaban J connectivity index is 2.67. The van der Waals surface area contributed by atoms with Gasteiger partial charge in [-0.2, -0.15) is 0 Å². The third kappa shape index (κ3) is 4.37. The van der Waals surface area contributed by atoms with Gasteiger partial charge < -0.3 is 9.84 Å². The number of hydrogen-bond acceptors (Lipinski definition) is 4. The number of aliphatic hydroxyl groups is 1. The topological polar surface area (TPSA) is 63.6 Å². The van der Waals surface area contributed by atoms with Crippen molar-refractivity contribution in [2.24, 2.45) is 0 Å². The maximum Gasteiger partial charge on any atom is 0.313 e. The Morgan fingerprint density at radius 2 is 1.94 bits per heavy atom. The minimum absolute atomic E-state index is 0.206. The average molecular weight is 252 g/mol. The van der Waals surface area contributed by atoms with Gasteiger partial charge in [0, 0.05) is 11.6 Å². The van der Waals surface area contributed by atoms with Gasteiger partial charge in [-0.15, -0.1) is 0 Å². The van der Waals surface area contributed by atoms with Gasteiger partial charge in [0.05, 0.1) is 6.61 Å². The van der Waals surface area contributed by atoms with Gasteiger partial charge in [-0.3, -0.25) is 9.59 Å². The summed E-state index contributed by atoms with van der Waals surface area (Å²) in [5.41, 5.74) is 0.229. The second-order valence-electron chi connectivity index (χ2n) is 3.49. The van der Waals surface area contributed by atoms with E-state index in [0.717, 1.165) is 18.2 Å². The van der Waals surface area contributed by atoms with E-state index in [1.165, 1.54) is 12.1 Å². The number of rotatable bonds is 5. The average Bonchev–Trinajstić information content (AvgIpc) is 2.29. The minimum Gasteiger partial charge on any atom is -0.512 e. The number of esters is 1. The number of halogens is 1. The molecule has 0 unspecified atom stereocenters. The van der Waals surface area contributed by atoms with Crippen molar-refractivity contribution in [2.75, 3.05) is 6.61 Å². The van der Waals surface area contributed by atoms with E-state index in [-0.39, 0.29) is 24.4 Å². The summed E-state index contributed by atoms with van der Waals surface area (Å²) in [6, 6.07) is 4.88. The molecule has 0 aliphatic rings. The van der Waals surface area contributed by atoms with Crippen LogP contribution in [0.2, 0.25) is 0 Å². The molecule has 0 heterocycles. The zero-order valence-corrected chi connectivity index (χ0v) is 9.85. The quantitative estimate of drug-likeness (QED) is 0.378. The third-order valence-electron chi connectivity index (χ3n) is 2.06. The lowest BCUT2D eigenvalue weighted by Gasteiger charge is -2.01. The highest BCUT2D eigenvalue weighted by atomic mass is 19.1. The van der Waals surface area contributed by atoms with Crippen molar-refractivity contribution in [1.82, 2.24) is 0 Å². The largest absolute Gasteiger partial charge is 0.512 e. The van der Waals surface area contributed by atoms with Crippen molar-refractivity contribution in [3.8, 4) is 0 Å². The van der Waals surface area contributed by atoms with Crippen molar-refractivity contribution >= 4 is 11.8 Å². The van der Waals surface area contributed by atoms with E-state index in [1.807, 2.05) is 0 Å². The number of allylic oxidation sites excluding steroid dienone is 1. The lowest BCUT2D eigenvalue weighted by molar-refractivity contribution is -0.142. The molecular formula is C13H13FO4. The Bertz CT molecular complexity index is 462. The molecular weight excluding hydrogens is 239 g/mol. The van der Waals surface area contributed by atoms with Crippen molar-refractivity contribution in [1.29, 1.82) is 0 Å². The Morgan fingerprint density at radius 3 is 2.50 bits per heavy atom. The highest BCUT2D eigenvalue weighted by Crippen LogP contribution is 2.07. The molecule has 4 nitrogen and oxygen atoms in total. The molecule has 1 aromatic rings. The van der Waals surface area contributed by atoms with Gasteiger partial charge in [0.2, 0.25) is 0 Å². The fraction of sp³-hybridized carbons (Fsp3) is 0.231. The molecule has 1 N–H and O–H groups in total. The summed E-state index contributed by atoms with van der Waals surface area (Å²) in [6.45, 7) is 1.85. The van der Waals surface area contributed by atoms with Crippen LogP contribution < -0.4 is 0 Å². The molecule has 0 radical (unpaired) electrons. The van der Waals surface area contributed by atoms with Gasteiger partial charge in [0.25, 0.3) is 0 Å². The van der Waals surface area contributed by atoms with E-state index in [4.69, 9.17) is 0 Å². The van der Waals surface area contributed by atoms with Gasteiger partial charge in [0.15, 0.2) is 5.78 Å². The second kappa shape index (κ2) is 6.54. The van der Waals surface area contributed by atoms with Gasteiger partial charge >= 0.3 is 5.97 Å². The van der Waals surface area contributed by atoms with Crippen LogP contribution in [0.15, 0.2) is 36.1 Å². The van der Waals surface area contributed by atoms with Crippen molar-refractivity contribution in [3.05, 3.63) is 47.5 Å². The van der Waals surface area contributed by atoms with Crippen LogP contribution >= 0.6 is 0 Å². The summed E-state index contributed by atoms with van der Waals surface area (Å²) in [4.78, 5) is 22.6. The molecule has 0 atom stereocenters. The first-order valence-corrected chi connectivity index (χ1v) is 5.38. The summed E-state index contributed by atoms with van der Waals surface area (Å²) < 4.78 is 17.2. The molecule has 0 fully saturated rings. The number of carbonyl (C=O) groups is 2. The lowest BCUT2D eigenvalue weighted by atomic mass is 10.1. The molecule has 0 aliphatic heterocycles. The molecule has 5 heteroatoms. The summed E-state index contributed by atoms with van der Waals surface area (Å²) in [7, 11) is 0. The number of aliphatic hydroxyl groups excluding tert-OH is 1. The Morgan fingerprint density at radius 1 is 1.33 bits per heavy atom. The summed E-state index contributed by atoms with van der Waals surface area (Å²) in [5, 5.41) is 9.40. The zero-order valence-electron chi connectivity index (χ0n) is 9.85. The maximum absolute atomic E-state index is 12.6. The van der Waals surface area contributed by atoms with Crippen molar-refractivity contribution in [3.63, 3.8) is 0 Å². The van der Waals surface area contributed by atoms with Crippen LogP contribution in [0.25, 0.3) is 0 Å². The number of ketones is 1. The SMILES string of the molecule is CCOC(=O)C/C(O)=C/C(=O)c1ccc(F)cc1. The van der Waals surface area contributed by atoms with E-state index in [2.05, 4.69) is 4.74 Å². The molecule has 0 spiro atoms. The fourth-order valence-electron chi connectivity index (χ4n) is 1.26. The minimum atomic E-state index is -0.613. The molecule has 1 rings (SSSR count). The lowest BCUT2D eigenvalue weighted by Crippen LogP contribution is -2.06. The molecule has 0 saturated carbocycles. The molecule has 0 aromatic heterocycles. The highest BCUT2D eigenvalue weighted by Gasteiger charge is 2.09. The van der Waals surface area contributed by atoms with E-state index >= 15 is 0 Å². The predicted octanol–water partition coefficient (Wildman–Crippen LogP) is 2.40. The first-order chi connectivity index (χ1) is 8.52. The van der Waals surface area contributed by atoms with Crippen LogP contribution in [0.5, 0.6) is 0 Å². The number of benzene rings is 1. The van der Waals surface area contributed by atoms with E-state index < -0.39 is 17.6 Å². The summed E-state index contributed by atoms with van der Waals surface area (Å²) >= 11 is 0. The van der Waals surface area contributed by atoms with Crippen molar-refractivity contribution in [2.45, 2.75) is 13.3 Å². The normalized spacial score (nSPS) is 11.1. The highest BCUT2D eigenvalue weighted by molar-refractivity contribution is 6.04. The molecule has 18 heavy (non-hydrogen) atoms. The first kappa shape index (κ1) is 13.9. The molecule has 1 aromatic carbocycles. The predicted molar refractivity (Wildman–Crippen MR) is 62.7 cm³/mol. The molecule has 0 bridgehead atoms. The second-order valence-corrected chi connectivity index (χ2v) is 3.49. The third-order valence-corrected chi connectivity index (χ3v) is 2.06. The Hall–Kier alpha value is -2.17. The van der Waals surface area contributed by atoms with Crippen LogP contribution in [0.1, 0.15) is 23.7 Å². The summed E-state index contributed by atoms with van der Waals surface area (Å²) in [5.74, 6) is -1.95. The van der Waals surface area contributed by atoms with Crippen molar-refractivity contribution < 1.29 is 23.8 Å². The molecule has 0 saturated heterocycles. The first-order valence-electron chi connectivity index (χ1n) is 5.38. The van der Waals surface area contributed by atoms with Crippen LogP contribution in [0.3, 0.4) is 0 Å². The van der Waals surface area contributed by atoms with Gasteiger partial charge in [-0.1, -0.05) is 0 Å². The van der Waals surface area contributed by atoms with Crippen LogP contribution in [-0.2, 0) is 9.53 Å². The monoisotopic (exact) mass is 252 g/mol. The standard InChI is InChI=1S/C13H13FO4/c1-2-18-13(17)8-11(15)7-12(16)9-3-5-10(14)6-4-9/h3-7,15H,2,8H2,1H3/b11-7-. The molecule has 0 aliphatic carbocycles. The molecule has 96 valence electrons. The molecule has 0 amide bonds. The number of carbonyl (C=O) groups excluding carboxylic acids is 2. The summed E-state index contributed by atoms with van der Waals surface area (Å²) in [6.07, 6.45) is 0.560. The zero-order chi connectivity index (χ0) is 13.5. The number of hydrogen-bond donors (Lipinski definition) is 1. The van der Waals surface area contributed by atoms with Gasteiger partial charge in [-0.25, -0.2) is 4.39 Å². The van der Waals surface area contributed by atoms with Crippen LogP contribution in [0.4, 0.5) is 4.39 Å². The number of ether oxygens (including phenoxy) is 1. The van der Waals surface area contributed by atoms with Crippen LogP contribution in [-0.4, -0.2) is 23.5 Å². The van der Waals surface area contributed by atoms with Gasteiger partial charge in [0.1, 0.15) is 18.0 Å². The smallest absolute Gasteiger partial charge is 0.313 e. The van der Waals surface area contributed by atoms with Gasteiger partial charge in [-0.05, 0) is 31.2 Å². The van der Waals surface area contributed by atoms with E-state index in [0.29, 0.717) is 0 Å².